The number of pyridine rings is 1. The molecule has 2 aromatic heterocycles. The number of para-hydroxylation sites is 1. The first-order valence-electron chi connectivity index (χ1n) is 25.2. The summed E-state index contributed by atoms with van der Waals surface area (Å²) in [5, 5.41) is 12.5. The molecule has 8 aromatic rings. The van der Waals surface area contributed by atoms with E-state index in [9.17, 15) is 5.11 Å². The van der Waals surface area contributed by atoms with Crippen LogP contribution in [-0.4, -0.2) is 19.6 Å². The van der Waals surface area contributed by atoms with Crippen LogP contribution in [0.3, 0.4) is 0 Å². The van der Waals surface area contributed by atoms with E-state index in [1.54, 1.807) is 18.3 Å². The minimum Gasteiger partial charge on any atom is -0.507 e. The molecule has 0 saturated heterocycles. The van der Waals surface area contributed by atoms with Crippen LogP contribution in [0.25, 0.3) is 72.7 Å². The standard InChI is InChI=1S/C59H62N3O.Pt/c1-37-22-24-39(25-23-37)40-26-27-60-51(33-40)43-28-42(30-44(31-43)56(2,3)4)48-20-17-21-52-53(48)61-55(49-35-46(58(8,9)10)36-50(54(49)63)59(11,12)13)62(52)47-32-41(38-18-15-14-16-19-38)29-45(34-47)57(5,6)7;/h14-27,29-36,63H,1-13H3;/q-1;/i1D3,22D,23D,24D,25D;. The Labute approximate surface area is 406 Å². The number of aromatic nitrogens is 3. The van der Waals surface area contributed by atoms with Crippen LogP contribution in [-0.2, 0) is 42.7 Å². The maximum Gasteiger partial charge on any atom is 0.148 e. The van der Waals surface area contributed by atoms with Crippen LogP contribution < -0.4 is 0 Å². The smallest absolute Gasteiger partial charge is 0.148 e. The molecule has 1 N–H and O–H groups in total. The van der Waals surface area contributed by atoms with Gasteiger partial charge in [-0.2, -0.15) is 0 Å². The maximum atomic E-state index is 12.5. The summed E-state index contributed by atoms with van der Waals surface area (Å²) >= 11 is 0. The largest absolute Gasteiger partial charge is 0.507 e. The number of phenolic OH excluding ortho intramolecular Hbond substituents is 1. The molecule has 0 aliphatic rings. The van der Waals surface area contributed by atoms with Crippen molar-refractivity contribution < 1.29 is 35.8 Å². The summed E-state index contributed by atoms with van der Waals surface area (Å²) in [5.41, 5.74) is 10.4. The number of benzene rings is 6. The molecule has 0 saturated carbocycles. The van der Waals surface area contributed by atoms with E-state index in [1.165, 1.54) is 0 Å². The minimum atomic E-state index is -2.83. The van der Waals surface area contributed by atoms with Crippen LogP contribution in [0.2, 0.25) is 0 Å². The van der Waals surface area contributed by atoms with Crippen molar-refractivity contribution >= 4 is 11.0 Å². The second kappa shape index (κ2) is 17.1. The Morgan fingerprint density at radius 2 is 1.22 bits per heavy atom. The summed E-state index contributed by atoms with van der Waals surface area (Å²) in [7, 11) is 0. The number of rotatable bonds is 6. The average molecular weight is 1030 g/mol. The Balaban J connectivity index is 0.00000741. The van der Waals surface area contributed by atoms with Crippen LogP contribution in [0, 0.1) is 12.9 Å². The summed E-state index contributed by atoms with van der Waals surface area (Å²) in [4.78, 5) is 10.4. The molecule has 0 atom stereocenters. The van der Waals surface area contributed by atoms with Gasteiger partial charge in [0.2, 0.25) is 0 Å². The van der Waals surface area contributed by atoms with Crippen molar-refractivity contribution in [2.75, 3.05) is 0 Å². The molecule has 0 spiro atoms. The third-order valence-corrected chi connectivity index (χ3v) is 11.8. The van der Waals surface area contributed by atoms with Crippen LogP contribution in [0.5, 0.6) is 5.75 Å². The average Bonchev–Trinajstić information content (AvgIpc) is 3.66. The first-order valence-corrected chi connectivity index (χ1v) is 21.7. The molecule has 0 aliphatic heterocycles. The van der Waals surface area contributed by atoms with Crippen molar-refractivity contribution in [2.24, 2.45) is 0 Å². The van der Waals surface area contributed by atoms with Crippen molar-refractivity contribution in [1.82, 2.24) is 14.5 Å². The number of aromatic hydroxyl groups is 1. The van der Waals surface area contributed by atoms with Crippen molar-refractivity contribution in [1.29, 1.82) is 0 Å². The SMILES string of the molecule is [2H]c1c([2H])c(C([2H])([2H])[2H])c([2H])c([2H])c1-c1ccnc(-c2[c-]c(-c3cccc4c3nc(-c3cc(C(C)(C)C)cc(C(C)(C)C)c3O)n4-c3cc(-c4ccccc4)cc(C(C)(C)C)c3)cc(C(C)(C)C)c2)c1.[Pt]. The fourth-order valence-electron chi connectivity index (χ4n) is 8.02. The molecule has 0 fully saturated rings. The van der Waals surface area contributed by atoms with Gasteiger partial charge < -0.3 is 5.11 Å². The summed E-state index contributed by atoms with van der Waals surface area (Å²) in [6.45, 7) is 23.1. The molecule has 0 bridgehead atoms. The van der Waals surface area contributed by atoms with Gasteiger partial charge in [0.25, 0.3) is 0 Å². The van der Waals surface area contributed by atoms with Crippen LogP contribution in [0.15, 0.2) is 133 Å². The van der Waals surface area contributed by atoms with E-state index >= 15 is 0 Å². The van der Waals surface area contributed by atoms with Gasteiger partial charge in [-0.05, 0) is 92.2 Å². The van der Waals surface area contributed by atoms with Gasteiger partial charge in [-0.1, -0.05) is 185 Å². The van der Waals surface area contributed by atoms with Gasteiger partial charge in [-0.3, -0.25) is 9.55 Å². The molecule has 2 heterocycles. The zero-order valence-electron chi connectivity index (χ0n) is 46.0. The Hall–Kier alpha value is -5.57. The Morgan fingerprint density at radius 1 is 0.578 bits per heavy atom. The molecule has 330 valence electrons. The van der Waals surface area contributed by atoms with E-state index in [4.69, 9.17) is 19.6 Å². The van der Waals surface area contributed by atoms with E-state index in [-0.39, 0.29) is 48.6 Å². The normalized spacial score (nSPS) is 14.2. The van der Waals surface area contributed by atoms with E-state index in [0.29, 0.717) is 33.7 Å². The van der Waals surface area contributed by atoms with E-state index in [1.807, 2.05) is 24.3 Å². The van der Waals surface area contributed by atoms with Crippen molar-refractivity contribution in [3.05, 3.63) is 167 Å². The molecule has 0 amide bonds. The summed E-state index contributed by atoms with van der Waals surface area (Å²) < 4.78 is 60.8. The summed E-state index contributed by atoms with van der Waals surface area (Å²) in [6, 6.07) is 36.5. The monoisotopic (exact) mass is 1030 g/mol. The molecule has 5 heteroatoms. The molecule has 0 aliphatic carbocycles. The molecule has 6 aromatic carbocycles. The predicted molar refractivity (Wildman–Crippen MR) is 266 cm³/mol. The van der Waals surface area contributed by atoms with Gasteiger partial charge >= 0.3 is 0 Å². The van der Waals surface area contributed by atoms with Crippen LogP contribution in [0.4, 0.5) is 0 Å². The first kappa shape index (κ1) is 37.8. The van der Waals surface area contributed by atoms with Crippen LogP contribution in [0.1, 0.15) is 120 Å². The third kappa shape index (κ3) is 9.31. The number of hydrogen-bond acceptors (Lipinski definition) is 3. The molecular weight excluding hydrogens is 962 g/mol. The van der Waals surface area contributed by atoms with Crippen molar-refractivity contribution in [2.45, 2.75) is 112 Å². The van der Waals surface area contributed by atoms with Gasteiger partial charge in [0.1, 0.15) is 11.6 Å². The van der Waals surface area contributed by atoms with Gasteiger partial charge in [-0.15, -0.1) is 29.3 Å². The van der Waals surface area contributed by atoms with E-state index < -0.39 is 42.0 Å². The van der Waals surface area contributed by atoms with Gasteiger partial charge in [0, 0.05) is 48.3 Å². The third-order valence-electron chi connectivity index (χ3n) is 11.8. The number of phenols is 1. The van der Waals surface area contributed by atoms with Crippen molar-refractivity contribution in [3.8, 4) is 67.5 Å². The quantitative estimate of drug-likeness (QED) is 0.169. The fourth-order valence-corrected chi connectivity index (χ4v) is 8.02. The zero-order chi connectivity index (χ0) is 51.2. The second-order valence-electron chi connectivity index (χ2n) is 20.9. The zero-order valence-corrected chi connectivity index (χ0v) is 41.3. The summed E-state index contributed by atoms with van der Waals surface area (Å²) in [5.74, 6) is 0.769. The van der Waals surface area contributed by atoms with Crippen molar-refractivity contribution in [3.63, 3.8) is 0 Å². The maximum absolute atomic E-state index is 12.5. The number of fused-ring (bicyclic) bond motifs is 1. The van der Waals surface area contributed by atoms with E-state index in [0.717, 1.165) is 55.7 Å². The molecule has 4 nitrogen and oxygen atoms in total. The van der Waals surface area contributed by atoms with Gasteiger partial charge in [0.05, 0.1) is 22.1 Å². The fraction of sp³-hybridized carbons (Fsp3) is 0.288. The molecule has 0 radical (unpaired) electrons. The van der Waals surface area contributed by atoms with Gasteiger partial charge in [-0.25, -0.2) is 4.98 Å². The second-order valence-corrected chi connectivity index (χ2v) is 20.9. The number of imidazole rings is 1. The number of nitrogens with zero attached hydrogens (tertiary/aromatic N) is 3. The molecular formula is C59H62N3OPt-. The molecule has 0 unspecified atom stereocenters. The summed E-state index contributed by atoms with van der Waals surface area (Å²) in [6.07, 6.45) is 1.56. The first-order chi connectivity index (χ1) is 32.4. The Kier molecular flexibility index (Phi) is 10.1. The van der Waals surface area contributed by atoms with E-state index in [2.05, 4.69) is 160 Å². The van der Waals surface area contributed by atoms with Crippen LogP contribution >= 0.6 is 0 Å². The predicted octanol–water partition coefficient (Wildman–Crippen LogP) is 15.8. The Bertz CT molecular complexity index is 3320. The molecule has 8 rings (SSSR count). The number of hydrogen-bond donors (Lipinski definition) is 1. The minimum absolute atomic E-state index is 0. The molecule has 64 heavy (non-hydrogen) atoms. The topological polar surface area (TPSA) is 50.9 Å². The Morgan fingerprint density at radius 3 is 1.86 bits per heavy atom. The van der Waals surface area contributed by atoms with Gasteiger partial charge in [0.15, 0.2) is 0 Å².